The first-order valence-corrected chi connectivity index (χ1v) is 18.1. The van der Waals surface area contributed by atoms with Crippen LogP contribution in [0.2, 0.25) is 0 Å². The standard InChI is InChI=1S/C27H30F2N7O6PS2/c28-23-14-19(2-3-20(23)18-30)27(43(37,38)39)33-45(40,41)26-17-22-24(29)15-21(16-25(22)44-26)42-13-12-36-9-6-35(7-10-36,8-11-36)5-1-4-32-34-31/h2-3,14-17,27,33H,1,4-13H2/p+2. The van der Waals surface area contributed by atoms with Crippen LogP contribution in [0.15, 0.2) is 45.7 Å². The van der Waals surface area contributed by atoms with Crippen molar-refractivity contribution in [3.8, 4) is 11.8 Å². The summed E-state index contributed by atoms with van der Waals surface area (Å²) in [4.78, 5) is 22.6. The summed E-state index contributed by atoms with van der Waals surface area (Å²) in [6.45, 7) is 8.72. The second-order valence-electron chi connectivity index (χ2n) is 11.5. The maximum atomic E-state index is 15.1. The molecule has 0 aliphatic carbocycles. The summed E-state index contributed by atoms with van der Waals surface area (Å²) >= 11 is 0.697. The highest BCUT2D eigenvalue weighted by atomic mass is 32.2. The van der Waals surface area contributed by atoms with Crippen molar-refractivity contribution in [2.75, 3.05) is 65.5 Å². The molecule has 0 saturated carbocycles. The summed E-state index contributed by atoms with van der Waals surface area (Å²) in [5.41, 5.74) is 7.73. The van der Waals surface area contributed by atoms with Crippen LogP contribution >= 0.6 is 18.9 Å². The number of piperazine rings is 3. The van der Waals surface area contributed by atoms with E-state index in [0.29, 0.717) is 30.6 Å². The molecule has 3 saturated heterocycles. The molecule has 4 heterocycles. The molecule has 13 nitrogen and oxygen atoms in total. The molecule has 3 fully saturated rings. The van der Waals surface area contributed by atoms with Gasteiger partial charge in [0.2, 0.25) is 0 Å². The van der Waals surface area contributed by atoms with E-state index >= 15 is 4.39 Å². The highest BCUT2D eigenvalue weighted by Crippen LogP contribution is 2.51. The molecule has 2 aromatic carbocycles. The van der Waals surface area contributed by atoms with Crippen LogP contribution in [0.1, 0.15) is 23.3 Å². The fourth-order valence-electron chi connectivity index (χ4n) is 6.09. The number of fused-ring (bicyclic) bond motifs is 4. The second kappa shape index (κ2) is 12.9. The van der Waals surface area contributed by atoms with Crippen LogP contribution in [0.3, 0.4) is 0 Å². The molecular formula is C27H32F2N7O6PS2+2. The van der Waals surface area contributed by atoms with E-state index in [1.165, 1.54) is 12.1 Å². The molecule has 1 aromatic heterocycles. The largest absolute Gasteiger partial charge is 0.488 e. The minimum absolute atomic E-state index is 0.00613. The van der Waals surface area contributed by atoms with Gasteiger partial charge in [0.05, 0.1) is 12.1 Å². The zero-order chi connectivity index (χ0) is 32.5. The summed E-state index contributed by atoms with van der Waals surface area (Å²) in [6, 6.07) is 8.06. The van der Waals surface area contributed by atoms with Crippen LogP contribution in [0, 0.1) is 23.0 Å². The molecular weight excluding hydrogens is 651 g/mol. The smallest absolute Gasteiger partial charge is 0.347 e. The lowest BCUT2D eigenvalue weighted by molar-refractivity contribution is -1.08. The van der Waals surface area contributed by atoms with Gasteiger partial charge in [-0.1, -0.05) is 11.2 Å². The molecule has 2 bridgehead atoms. The number of sulfonamides is 1. The van der Waals surface area contributed by atoms with Gasteiger partial charge < -0.3 is 23.5 Å². The summed E-state index contributed by atoms with van der Waals surface area (Å²) < 4.78 is 77.5. The van der Waals surface area contributed by atoms with E-state index in [9.17, 15) is 27.2 Å². The average Bonchev–Trinajstić information content (AvgIpc) is 3.45. The Morgan fingerprint density at radius 2 is 1.76 bits per heavy atom. The molecule has 18 heteroatoms. The molecule has 3 aromatic rings. The van der Waals surface area contributed by atoms with Crippen molar-refractivity contribution in [1.82, 2.24) is 4.72 Å². The number of hydrogen-bond donors (Lipinski definition) is 3. The Balaban J connectivity index is 1.26. The van der Waals surface area contributed by atoms with Gasteiger partial charge in [0.25, 0.3) is 10.0 Å². The fourth-order valence-corrected chi connectivity index (χ4v) is 10.1. The molecule has 1 unspecified atom stereocenters. The number of nitriles is 1. The summed E-state index contributed by atoms with van der Waals surface area (Å²) in [7, 11) is -9.81. The first-order valence-electron chi connectivity index (χ1n) is 14.1. The highest BCUT2D eigenvalue weighted by molar-refractivity contribution is 7.92. The van der Waals surface area contributed by atoms with Gasteiger partial charge in [-0.3, -0.25) is 4.57 Å². The number of rotatable bonds is 13. The van der Waals surface area contributed by atoms with Gasteiger partial charge in [0.1, 0.15) is 85.9 Å². The van der Waals surface area contributed by atoms with Gasteiger partial charge in [-0.15, -0.1) is 11.3 Å². The van der Waals surface area contributed by atoms with E-state index in [-0.39, 0.29) is 27.0 Å². The van der Waals surface area contributed by atoms with Crippen molar-refractivity contribution < 1.29 is 45.3 Å². The molecule has 1 atom stereocenters. The Hall–Kier alpha value is -3.16. The minimum Gasteiger partial charge on any atom is -0.488 e. The number of halogens is 2. The molecule has 3 aliphatic rings. The molecule has 0 spiro atoms. The van der Waals surface area contributed by atoms with E-state index in [0.717, 1.165) is 85.9 Å². The predicted molar refractivity (Wildman–Crippen MR) is 162 cm³/mol. The van der Waals surface area contributed by atoms with E-state index in [1.54, 1.807) is 6.07 Å². The first-order chi connectivity index (χ1) is 21.3. The molecule has 240 valence electrons. The number of nitrogens with zero attached hydrogens (tertiary/aromatic N) is 6. The Kier molecular flexibility index (Phi) is 9.53. The lowest BCUT2D eigenvalue weighted by atomic mass is 10.1. The van der Waals surface area contributed by atoms with Gasteiger partial charge in [-0.05, 0) is 35.4 Å². The topological polar surface area (TPSA) is 185 Å². The number of benzene rings is 2. The third kappa shape index (κ3) is 7.30. The van der Waals surface area contributed by atoms with Gasteiger partial charge >= 0.3 is 7.60 Å². The Labute approximate surface area is 262 Å². The van der Waals surface area contributed by atoms with Gasteiger partial charge in [-0.25, -0.2) is 17.2 Å². The predicted octanol–water partition coefficient (Wildman–Crippen LogP) is 3.95. The number of ether oxygens (including phenoxy) is 1. The minimum atomic E-state index is -5.20. The van der Waals surface area contributed by atoms with Gasteiger partial charge in [0, 0.05) is 34.0 Å². The van der Waals surface area contributed by atoms with E-state index in [1.807, 2.05) is 4.72 Å². The van der Waals surface area contributed by atoms with Crippen molar-refractivity contribution in [1.29, 1.82) is 5.26 Å². The van der Waals surface area contributed by atoms with Gasteiger partial charge in [0.15, 0.2) is 0 Å². The lowest BCUT2D eigenvalue weighted by Crippen LogP contribution is -2.75. The molecule has 3 aliphatic heterocycles. The van der Waals surface area contributed by atoms with Crippen molar-refractivity contribution in [3.63, 3.8) is 0 Å². The zero-order valence-corrected chi connectivity index (χ0v) is 26.6. The van der Waals surface area contributed by atoms with Crippen LogP contribution in [0.25, 0.3) is 20.5 Å². The summed E-state index contributed by atoms with van der Waals surface area (Å²) in [5, 5.41) is 12.6. The van der Waals surface area contributed by atoms with Crippen molar-refractivity contribution in [2.45, 2.75) is 16.4 Å². The van der Waals surface area contributed by atoms with Crippen LogP contribution < -0.4 is 9.46 Å². The highest BCUT2D eigenvalue weighted by Gasteiger charge is 2.48. The maximum Gasteiger partial charge on any atom is 0.347 e. The van der Waals surface area contributed by atoms with E-state index in [4.69, 9.17) is 15.5 Å². The first kappa shape index (κ1) is 33.2. The third-order valence-corrected chi connectivity index (χ3v) is 13.0. The quantitative estimate of drug-likeness (QED) is 0.0608. The van der Waals surface area contributed by atoms with Crippen molar-refractivity contribution in [3.05, 3.63) is 69.6 Å². The van der Waals surface area contributed by atoms with Crippen LogP contribution in [-0.4, -0.2) is 92.7 Å². The average molecular weight is 684 g/mol. The Bertz CT molecular complexity index is 1830. The maximum absolute atomic E-state index is 15.1. The summed E-state index contributed by atoms with van der Waals surface area (Å²) in [6.07, 6.45) is 0.865. The number of azide groups is 1. The number of nitrogens with one attached hydrogen (secondary N) is 1. The Morgan fingerprint density at radius 3 is 2.36 bits per heavy atom. The normalized spacial score (nSPS) is 22.1. The van der Waals surface area contributed by atoms with Gasteiger partial charge in [-0.2, -0.15) is 9.98 Å². The van der Waals surface area contributed by atoms with Crippen molar-refractivity contribution >= 4 is 39.0 Å². The fraction of sp³-hybridized carbons (Fsp3) is 0.444. The van der Waals surface area contributed by atoms with Crippen LogP contribution in [0.5, 0.6) is 5.75 Å². The Morgan fingerprint density at radius 1 is 1.09 bits per heavy atom. The second-order valence-corrected chi connectivity index (χ2v) is 16.2. The summed E-state index contributed by atoms with van der Waals surface area (Å²) in [5.74, 6) is -3.69. The zero-order valence-electron chi connectivity index (χ0n) is 24.0. The monoisotopic (exact) mass is 683 g/mol. The van der Waals surface area contributed by atoms with E-state index in [2.05, 4.69) is 10.0 Å². The van der Waals surface area contributed by atoms with Crippen LogP contribution in [0.4, 0.5) is 8.78 Å². The third-order valence-electron chi connectivity index (χ3n) is 8.77. The van der Waals surface area contributed by atoms with Crippen LogP contribution in [-0.2, 0) is 14.6 Å². The molecule has 45 heavy (non-hydrogen) atoms. The van der Waals surface area contributed by atoms with E-state index < -0.39 is 39.2 Å². The molecule has 0 amide bonds. The molecule has 0 radical (unpaired) electrons. The SMILES string of the molecule is N#Cc1ccc(C(NS(=O)(=O)c2cc3c(F)cc(OCC[N+]45CC[N+](CCCN=[N+]=[N-])(CC4)CC5)cc3s2)P(=O)(O)O)cc1F. The number of thiophene rings is 1. The number of hydrogen-bond acceptors (Lipinski definition) is 7. The molecule has 6 rings (SSSR count). The lowest BCUT2D eigenvalue weighted by Gasteiger charge is -2.55. The number of quaternary nitrogens is 2. The molecule has 3 N–H and O–H groups in total. The van der Waals surface area contributed by atoms with Crippen molar-refractivity contribution in [2.24, 2.45) is 5.11 Å².